The van der Waals surface area contributed by atoms with E-state index in [4.69, 9.17) is 5.11 Å². The molecule has 1 N–H and O–H groups in total. The number of carbonyl (C=O) groups is 1. The Labute approximate surface area is 88.7 Å². The Morgan fingerprint density at radius 2 is 2.25 bits per heavy atom. The molecule has 1 aromatic rings. The van der Waals surface area contributed by atoms with E-state index < -0.39 is 24.0 Å². The van der Waals surface area contributed by atoms with Gasteiger partial charge in [-0.05, 0) is 19.3 Å². The van der Waals surface area contributed by atoms with Crippen molar-refractivity contribution in [3.05, 3.63) is 17.7 Å². The molecule has 2 rings (SSSR count). The van der Waals surface area contributed by atoms with Crippen molar-refractivity contribution in [1.29, 1.82) is 0 Å². The van der Waals surface area contributed by atoms with Gasteiger partial charge in [0.1, 0.15) is 6.04 Å². The van der Waals surface area contributed by atoms with Crippen molar-refractivity contribution in [2.24, 2.45) is 0 Å². The van der Waals surface area contributed by atoms with Gasteiger partial charge in [-0.1, -0.05) is 0 Å². The van der Waals surface area contributed by atoms with Crippen molar-refractivity contribution in [1.82, 2.24) is 9.55 Å². The molecule has 0 amide bonds. The first-order valence-electron chi connectivity index (χ1n) is 4.77. The lowest BCUT2D eigenvalue weighted by molar-refractivity contribution is -0.152. The highest BCUT2D eigenvalue weighted by Crippen LogP contribution is 2.35. The Hall–Kier alpha value is -1.53. The van der Waals surface area contributed by atoms with Crippen LogP contribution in [0.15, 0.2) is 6.20 Å². The average Bonchev–Trinajstić information content (AvgIpc) is 2.59. The van der Waals surface area contributed by atoms with Gasteiger partial charge in [-0.25, -0.2) is 9.78 Å². The van der Waals surface area contributed by atoms with E-state index in [1.165, 1.54) is 0 Å². The Morgan fingerprint density at radius 3 is 2.81 bits per heavy atom. The summed E-state index contributed by atoms with van der Waals surface area (Å²) < 4.78 is 38.5. The molecule has 0 aromatic carbocycles. The molecule has 0 bridgehead atoms. The molecule has 1 aromatic heterocycles. The maximum absolute atomic E-state index is 12.6. The molecule has 1 atom stereocenters. The molecule has 1 aliphatic rings. The van der Waals surface area contributed by atoms with Crippen LogP contribution in [-0.4, -0.2) is 20.6 Å². The molecule has 1 unspecified atom stereocenters. The van der Waals surface area contributed by atoms with Gasteiger partial charge in [0.15, 0.2) is 0 Å². The quantitative estimate of drug-likeness (QED) is 0.806. The summed E-state index contributed by atoms with van der Waals surface area (Å²) in [6.45, 7) is 0. The third kappa shape index (κ3) is 1.66. The average molecular weight is 234 g/mol. The minimum atomic E-state index is -4.61. The van der Waals surface area contributed by atoms with Crippen LogP contribution < -0.4 is 0 Å². The number of hydrogen-bond acceptors (Lipinski definition) is 2. The van der Waals surface area contributed by atoms with E-state index in [1.54, 1.807) is 0 Å². The number of fused-ring (bicyclic) bond motifs is 1. The number of aryl methyl sites for hydroxylation is 1. The fourth-order valence-corrected chi connectivity index (χ4v) is 1.98. The van der Waals surface area contributed by atoms with E-state index in [9.17, 15) is 18.0 Å². The molecule has 7 heteroatoms. The molecule has 0 spiro atoms. The zero-order chi connectivity index (χ0) is 11.9. The highest BCUT2D eigenvalue weighted by atomic mass is 19.4. The van der Waals surface area contributed by atoms with Gasteiger partial charge < -0.3 is 9.67 Å². The summed E-state index contributed by atoms with van der Waals surface area (Å²) >= 11 is 0. The van der Waals surface area contributed by atoms with Crippen molar-refractivity contribution in [2.75, 3.05) is 0 Å². The minimum Gasteiger partial charge on any atom is -0.480 e. The Kier molecular flexibility index (Phi) is 2.40. The largest absolute Gasteiger partial charge is 0.480 e. The van der Waals surface area contributed by atoms with Gasteiger partial charge in [-0.2, -0.15) is 13.2 Å². The first-order valence-corrected chi connectivity index (χ1v) is 4.77. The Balaban J connectivity index is 2.52. The zero-order valence-corrected chi connectivity index (χ0v) is 8.16. The van der Waals surface area contributed by atoms with Gasteiger partial charge in [-0.15, -0.1) is 0 Å². The minimum absolute atomic E-state index is 0.210. The van der Waals surface area contributed by atoms with Crippen molar-refractivity contribution < 1.29 is 23.1 Å². The van der Waals surface area contributed by atoms with Crippen LogP contribution in [0.3, 0.4) is 0 Å². The summed E-state index contributed by atoms with van der Waals surface area (Å²) in [5, 5.41) is 8.88. The normalized spacial score (nSPS) is 20.6. The Morgan fingerprint density at radius 1 is 1.56 bits per heavy atom. The summed E-state index contributed by atoms with van der Waals surface area (Å²) in [5.74, 6) is -2.36. The predicted octanol–water partition coefficient (Wildman–Crippen LogP) is 1.86. The number of carboxylic acid groups (broad SMARTS) is 1. The fraction of sp³-hybridized carbons (Fsp3) is 0.556. The SMILES string of the molecule is O=C(O)C1CCCc2cnc(C(F)(F)F)n21. The molecule has 2 heterocycles. The topological polar surface area (TPSA) is 55.1 Å². The number of rotatable bonds is 1. The standard InChI is InChI=1S/C9H9F3N2O2/c10-9(11,12)8-13-4-5-2-1-3-6(7(15)16)14(5)8/h4,6H,1-3H2,(H,15,16). The van der Waals surface area contributed by atoms with Gasteiger partial charge in [0.05, 0.1) is 0 Å². The van der Waals surface area contributed by atoms with Crippen molar-refractivity contribution in [2.45, 2.75) is 31.5 Å². The monoisotopic (exact) mass is 234 g/mol. The summed E-state index contributed by atoms with van der Waals surface area (Å²) in [6, 6.07) is -1.15. The molecule has 0 radical (unpaired) electrons. The number of hydrogen-bond donors (Lipinski definition) is 1. The van der Waals surface area contributed by atoms with E-state index in [0.717, 1.165) is 10.8 Å². The number of nitrogens with zero attached hydrogens (tertiary/aromatic N) is 2. The van der Waals surface area contributed by atoms with E-state index >= 15 is 0 Å². The molecule has 1 aliphatic heterocycles. The van der Waals surface area contributed by atoms with Crippen LogP contribution in [0.4, 0.5) is 13.2 Å². The summed E-state index contributed by atoms with van der Waals surface area (Å²) in [7, 11) is 0. The van der Waals surface area contributed by atoms with E-state index in [2.05, 4.69) is 4.98 Å². The maximum Gasteiger partial charge on any atom is 0.449 e. The van der Waals surface area contributed by atoms with E-state index in [-0.39, 0.29) is 6.42 Å². The van der Waals surface area contributed by atoms with Crippen LogP contribution in [0.2, 0.25) is 0 Å². The van der Waals surface area contributed by atoms with E-state index in [0.29, 0.717) is 18.5 Å². The van der Waals surface area contributed by atoms with Gasteiger partial charge in [0.2, 0.25) is 5.82 Å². The lowest BCUT2D eigenvalue weighted by atomic mass is 10.0. The van der Waals surface area contributed by atoms with Crippen LogP contribution in [-0.2, 0) is 17.4 Å². The second-order valence-electron chi connectivity index (χ2n) is 3.69. The maximum atomic E-state index is 12.6. The van der Waals surface area contributed by atoms with Gasteiger partial charge in [0, 0.05) is 11.9 Å². The van der Waals surface area contributed by atoms with Crippen LogP contribution in [0.1, 0.15) is 30.4 Å². The molecular formula is C9H9F3N2O2. The van der Waals surface area contributed by atoms with Crippen LogP contribution in [0, 0.1) is 0 Å². The first kappa shape index (κ1) is 11.0. The predicted molar refractivity (Wildman–Crippen MR) is 46.8 cm³/mol. The first-order chi connectivity index (χ1) is 7.41. The van der Waals surface area contributed by atoms with Gasteiger partial charge >= 0.3 is 12.1 Å². The lowest BCUT2D eigenvalue weighted by Crippen LogP contribution is -2.29. The summed E-state index contributed by atoms with van der Waals surface area (Å²) in [5.41, 5.74) is 0.339. The molecule has 88 valence electrons. The van der Waals surface area contributed by atoms with Crippen LogP contribution >= 0.6 is 0 Å². The third-order valence-corrected chi connectivity index (χ3v) is 2.63. The van der Waals surface area contributed by atoms with Crippen molar-refractivity contribution in [3.63, 3.8) is 0 Å². The molecule has 0 aliphatic carbocycles. The van der Waals surface area contributed by atoms with E-state index in [1.807, 2.05) is 0 Å². The van der Waals surface area contributed by atoms with Crippen LogP contribution in [0.5, 0.6) is 0 Å². The lowest BCUT2D eigenvalue weighted by Gasteiger charge is -2.24. The van der Waals surface area contributed by atoms with Gasteiger partial charge in [0.25, 0.3) is 0 Å². The third-order valence-electron chi connectivity index (χ3n) is 2.63. The number of carboxylic acids is 1. The number of imidazole rings is 1. The fourth-order valence-electron chi connectivity index (χ4n) is 1.98. The van der Waals surface area contributed by atoms with Gasteiger partial charge in [-0.3, -0.25) is 0 Å². The number of alkyl halides is 3. The highest BCUT2D eigenvalue weighted by Gasteiger charge is 2.41. The summed E-state index contributed by atoms with van der Waals surface area (Å²) in [6.07, 6.45) is -2.28. The highest BCUT2D eigenvalue weighted by molar-refractivity contribution is 5.72. The Bertz CT molecular complexity index is 425. The van der Waals surface area contributed by atoms with Crippen molar-refractivity contribution in [3.8, 4) is 0 Å². The number of aliphatic carboxylic acids is 1. The number of aromatic nitrogens is 2. The zero-order valence-electron chi connectivity index (χ0n) is 8.16. The molecule has 0 saturated carbocycles. The molecule has 0 saturated heterocycles. The van der Waals surface area contributed by atoms with Crippen molar-refractivity contribution >= 4 is 5.97 Å². The molecular weight excluding hydrogens is 225 g/mol. The second kappa shape index (κ2) is 3.50. The molecule has 0 fully saturated rings. The second-order valence-corrected chi connectivity index (χ2v) is 3.69. The smallest absolute Gasteiger partial charge is 0.449 e. The summed E-state index contributed by atoms with van der Waals surface area (Å²) in [4.78, 5) is 14.2. The van der Waals surface area contributed by atoms with Crippen LogP contribution in [0.25, 0.3) is 0 Å². The number of halogens is 3. The molecule has 4 nitrogen and oxygen atoms in total. The molecule has 16 heavy (non-hydrogen) atoms.